The van der Waals surface area contributed by atoms with Crippen LogP contribution >= 0.6 is 0 Å². The van der Waals surface area contributed by atoms with Crippen molar-refractivity contribution in [3.05, 3.63) is 59.9 Å². The fraction of sp³-hybridized carbons (Fsp3) is 0.118. The number of benzene rings is 1. The van der Waals surface area contributed by atoms with Crippen LogP contribution in [0.5, 0.6) is 0 Å². The highest BCUT2D eigenvalue weighted by Crippen LogP contribution is 2.27. The van der Waals surface area contributed by atoms with E-state index in [4.69, 9.17) is 4.74 Å². The van der Waals surface area contributed by atoms with E-state index >= 15 is 0 Å². The van der Waals surface area contributed by atoms with Crippen molar-refractivity contribution in [1.82, 2.24) is 9.97 Å². The maximum atomic E-state index is 12.4. The molecule has 0 atom stereocenters. The third kappa shape index (κ3) is 2.91. The second-order valence-corrected chi connectivity index (χ2v) is 4.82. The number of hydrogen-bond donors (Lipinski definition) is 2. The SMILES string of the molecule is CCOC(=O)c1[nH]c2ncccc2c1NC(=O)c1ccccc1. The maximum Gasteiger partial charge on any atom is 0.356 e. The summed E-state index contributed by atoms with van der Waals surface area (Å²) >= 11 is 0. The number of carbonyl (C=O) groups excluding carboxylic acids is 2. The zero-order chi connectivity index (χ0) is 16.2. The van der Waals surface area contributed by atoms with Gasteiger partial charge in [-0.1, -0.05) is 18.2 Å². The molecule has 0 bridgehead atoms. The molecule has 0 saturated heterocycles. The molecule has 0 fully saturated rings. The second-order valence-electron chi connectivity index (χ2n) is 4.82. The Balaban J connectivity index is 2.02. The van der Waals surface area contributed by atoms with E-state index in [1.807, 2.05) is 6.07 Å². The van der Waals surface area contributed by atoms with Gasteiger partial charge in [-0.05, 0) is 31.2 Å². The van der Waals surface area contributed by atoms with Gasteiger partial charge in [0.1, 0.15) is 5.65 Å². The number of rotatable bonds is 4. The van der Waals surface area contributed by atoms with Crippen LogP contribution in [-0.4, -0.2) is 28.5 Å². The van der Waals surface area contributed by atoms with E-state index in [0.717, 1.165) is 0 Å². The molecule has 0 unspecified atom stereocenters. The van der Waals surface area contributed by atoms with Crippen LogP contribution in [0.15, 0.2) is 48.7 Å². The van der Waals surface area contributed by atoms with E-state index < -0.39 is 5.97 Å². The van der Waals surface area contributed by atoms with Crippen molar-refractivity contribution >= 4 is 28.6 Å². The van der Waals surface area contributed by atoms with Crippen molar-refractivity contribution in [3.63, 3.8) is 0 Å². The Morgan fingerprint density at radius 2 is 1.96 bits per heavy atom. The van der Waals surface area contributed by atoms with Gasteiger partial charge < -0.3 is 15.0 Å². The number of H-pyrrole nitrogens is 1. The largest absolute Gasteiger partial charge is 0.461 e. The number of pyridine rings is 1. The van der Waals surface area contributed by atoms with Gasteiger partial charge in [-0.15, -0.1) is 0 Å². The van der Waals surface area contributed by atoms with Crippen LogP contribution in [-0.2, 0) is 4.74 Å². The Bertz CT molecular complexity index is 856. The molecule has 0 radical (unpaired) electrons. The van der Waals surface area contributed by atoms with Crippen LogP contribution < -0.4 is 5.32 Å². The molecule has 0 aliphatic rings. The highest BCUT2D eigenvalue weighted by Gasteiger charge is 2.21. The molecule has 1 aromatic carbocycles. The average Bonchev–Trinajstić information content (AvgIpc) is 2.95. The number of esters is 1. The molecule has 6 heteroatoms. The van der Waals surface area contributed by atoms with Gasteiger partial charge >= 0.3 is 5.97 Å². The lowest BCUT2D eigenvalue weighted by molar-refractivity contribution is 0.0522. The van der Waals surface area contributed by atoms with Gasteiger partial charge in [0.25, 0.3) is 5.91 Å². The van der Waals surface area contributed by atoms with Crippen LogP contribution in [0.2, 0.25) is 0 Å². The molecule has 3 aromatic rings. The standard InChI is InChI=1S/C17H15N3O3/c1-2-23-17(22)14-13(12-9-6-10-18-15(12)19-14)20-16(21)11-7-4-3-5-8-11/h3-10H,2H2,1H3,(H,18,19)(H,20,21). The predicted molar refractivity (Wildman–Crippen MR) is 86.4 cm³/mol. The highest BCUT2D eigenvalue weighted by molar-refractivity contribution is 6.14. The minimum atomic E-state index is -0.533. The number of nitrogens with zero attached hydrogens (tertiary/aromatic N) is 1. The summed E-state index contributed by atoms with van der Waals surface area (Å²) in [5, 5.41) is 3.43. The summed E-state index contributed by atoms with van der Waals surface area (Å²) in [6, 6.07) is 12.3. The van der Waals surface area contributed by atoms with Crippen molar-refractivity contribution in [2.24, 2.45) is 0 Å². The number of aromatic amines is 1. The molecule has 0 aliphatic carbocycles. The summed E-state index contributed by atoms with van der Waals surface area (Å²) in [6.07, 6.45) is 1.61. The average molecular weight is 309 g/mol. The summed E-state index contributed by atoms with van der Waals surface area (Å²) in [5.41, 5.74) is 1.57. The van der Waals surface area contributed by atoms with Gasteiger partial charge in [0.2, 0.25) is 0 Å². The fourth-order valence-corrected chi connectivity index (χ4v) is 2.28. The molecule has 3 rings (SSSR count). The third-order valence-electron chi connectivity index (χ3n) is 3.32. The molecule has 23 heavy (non-hydrogen) atoms. The van der Waals surface area contributed by atoms with Gasteiger partial charge in [-0.25, -0.2) is 9.78 Å². The summed E-state index contributed by atoms with van der Waals surface area (Å²) in [5.74, 6) is -0.838. The minimum absolute atomic E-state index is 0.185. The van der Waals surface area contributed by atoms with Gasteiger partial charge in [0.15, 0.2) is 5.69 Å². The van der Waals surface area contributed by atoms with E-state index in [-0.39, 0.29) is 18.2 Å². The van der Waals surface area contributed by atoms with Crippen LogP contribution in [0.1, 0.15) is 27.8 Å². The molecule has 6 nitrogen and oxygen atoms in total. The molecule has 2 heterocycles. The molecule has 0 spiro atoms. The lowest BCUT2D eigenvalue weighted by Crippen LogP contribution is -2.15. The number of carbonyl (C=O) groups is 2. The molecular formula is C17H15N3O3. The summed E-state index contributed by atoms with van der Waals surface area (Å²) in [7, 11) is 0. The number of nitrogens with one attached hydrogen (secondary N) is 2. The second kappa shape index (κ2) is 6.31. The smallest absolute Gasteiger partial charge is 0.356 e. The molecular weight excluding hydrogens is 294 g/mol. The first kappa shape index (κ1) is 14.8. The molecule has 0 aliphatic heterocycles. The van der Waals surface area contributed by atoms with E-state index in [9.17, 15) is 9.59 Å². The van der Waals surface area contributed by atoms with E-state index in [2.05, 4.69) is 15.3 Å². The summed E-state index contributed by atoms with van der Waals surface area (Å²) in [6.45, 7) is 1.97. The monoisotopic (exact) mass is 309 g/mol. The highest BCUT2D eigenvalue weighted by atomic mass is 16.5. The van der Waals surface area contributed by atoms with Gasteiger partial charge in [0, 0.05) is 17.1 Å². The van der Waals surface area contributed by atoms with Gasteiger partial charge in [-0.2, -0.15) is 0 Å². The number of hydrogen-bond acceptors (Lipinski definition) is 4. The maximum absolute atomic E-state index is 12.4. The van der Waals surface area contributed by atoms with E-state index in [1.54, 1.807) is 49.5 Å². The molecule has 2 N–H and O–H groups in total. The zero-order valence-electron chi connectivity index (χ0n) is 12.5. The quantitative estimate of drug-likeness (QED) is 0.726. The first-order valence-electron chi connectivity index (χ1n) is 7.21. The lowest BCUT2D eigenvalue weighted by Gasteiger charge is -2.07. The van der Waals surface area contributed by atoms with Crippen molar-refractivity contribution in [3.8, 4) is 0 Å². The van der Waals surface area contributed by atoms with Crippen LogP contribution in [0, 0.1) is 0 Å². The van der Waals surface area contributed by atoms with Crippen LogP contribution in [0.4, 0.5) is 5.69 Å². The van der Waals surface area contributed by atoms with Crippen molar-refractivity contribution in [2.45, 2.75) is 6.92 Å². The van der Waals surface area contributed by atoms with Crippen LogP contribution in [0.25, 0.3) is 11.0 Å². The van der Waals surface area contributed by atoms with Crippen LogP contribution in [0.3, 0.4) is 0 Å². The normalized spacial score (nSPS) is 10.5. The Labute approximate surface area is 132 Å². The van der Waals surface area contributed by atoms with Crippen molar-refractivity contribution in [2.75, 3.05) is 11.9 Å². The predicted octanol–water partition coefficient (Wildman–Crippen LogP) is 2.99. The fourth-order valence-electron chi connectivity index (χ4n) is 2.28. The molecule has 2 aromatic heterocycles. The molecule has 0 saturated carbocycles. The topological polar surface area (TPSA) is 84.1 Å². The molecule has 1 amide bonds. The van der Waals surface area contributed by atoms with Gasteiger partial charge in [-0.3, -0.25) is 4.79 Å². The first-order valence-corrected chi connectivity index (χ1v) is 7.21. The Hall–Kier alpha value is -3.15. The molecule has 116 valence electrons. The summed E-state index contributed by atoms with van der Waals surface area (Å²) in [4.78, 5) is 31.6. The number of ether oxygens (including phenoxy) is 1. The minimum Gasteiger partial charge on any atom is -0.461 e. The lowest BCUT2D eigenvalue weighted by atomic mass is 10.2. The number of fused-ring (bicyclic) bond motifs is 1. The zero-order valence-corrected chi connectivity index (χ0v) is 12.5. The third-order valence-corrected chi connectivity index (χ3v) is 3.32. The number of amides is 1. The first-order chi connectivity index (χ1) is 11.2. The Kier molecular flexibility index (Phi) is 4.05. The van der Waals surface area contributed by atoms with Crippen molar-refractivity contribution < 1.29 is 14.3 Å². The number of anilines is 1. The van der Waals surface area contributed by atoms with E-state index in [0.29, 0.717) is 22.3 Å². The van der Waals surface area contributed by atoms with Gasteiger partial charge in [0.05, 0.1) is 12.3 Å². The Morgan fingerprint density at radius 3 is 2.70 bits per heavy atom. The Morgan fingerprint density at radius 1 is 1.17 bits per heavy atom. The number of aromatic nitrogens is 2. The van der Waals surface area contributed by atoms with E-state index in [1.165, 1.54) is 0 Å². The van der Waals surface area contributed by atoms with Crippen molar-refractivity contribution in [1.29, 1.82) is 0 Å². The summed E-state index contributed by atoms with van der Waals surface area (Å²) < 4.78 is 5.04.